The van der Waals surface area contributed by atoms with Gasteiger partial charge in [0, 0.05) is 58.2 Å². The quantitative estimate of drug-likeness (QED) is 0.670. The van der Waals surface area contributed by atoms with Gasteiger partial charge in [-0.25, -0.2) is 4.98 Å². The van der Waals surface area contributed by atoms with Crippen LogP contribution in [0.3, 0.4) is 0 Å². The summed E-state index contributed by atoms with van der Waals surface area (Å²) in [7, 11) is 1.71. The monoisotopic (exact) mass is 484 g/mol. The molecular weight excluding hydrogens is 449 g/mol. The number of hydrogen-bond acceptors (Lipinski definition) is 6. The second kappa shape index (κ2) is 10.4. The van der Waals surface area contributed by atoms with Crippen LogP contribution in [0.25, 0.3) is 0 Å². The average Bonchev–Trinajstić information content (AvgIpc) is 3.28. The molecule has 1 aromatic heterocycles. The number of carbonyl (C=O) groups is 1. The molecule has 1 saturated carbocycles. The lowest BCUT2D eigenvalue weighted by molar-refractivity contribution is -0.142. The number of rotatable bonds is 6. The Morgan fingerprint density at radius 1 is 1.29 bits per heavy atom. The summed E-state index contributed by atoms with van der Waals surface area (Å²) >= 11 is 0. The fourth-order valence-corrected chi connectivity index (χ4v) is 5.61. The topological polar surface area (TPSA) is 66.9 Å². The molecule has 0 radical (unpaired) electrons. The van der Waals surface area contributed by atoms with Crippen molar-refractivity contribution in [3.8, 4) is 0 Å². The standard InChI is InChI=1S/C24H35F3N4O3/c1-3-23(7-4-18(15-23)29-19-6-13-34-16-20(19)33-2)22(32)31-11-9-30(10-12-31)21-14-17(5-8-28-21)24(25,26)27/h5,8,14,18-20,29H,3-4,6-7,9-13,15-16H2,1-2H3/t18-,19?,20?,23-/m0/s1. The normalized spacial score (nSPS) is 30.6. The van der Waals surface area contributed by atoms with Gasteiger partial charge in [-0.05, 0) is 44.2 Å². The molecule has 1 aromatic rings. The van der Waals surface area contributed by atoms with Crippen molar-refractivity contribution in [2.45, 2.75) is 63.4 Å². The van der Waals surface area contributed by atoms with Gasteiger partial charge in [0.1, 0.15) is 5.82 Å². The van der Waals surface area contributed by atoms with Crippen molar-refractivity contribution < 1.29 is 27.4 Å². The molecule has 2 aliphatic heterocycles. The third-order valence-corrected chi connectivity index (χ3v) is 7.76. The van der Waals surface area contributed by atoms with Crippen LogP contribution in [0.2, 0.25) is 0 Å². The molecule has 0 bridgehead atoms. The Balaban J connectivity index is 1.35. The van der Waals surface area contributed by atoms with E-state index in [2.05, 4.69) is 17.2 Å². The number of ether oxygens (including phenoxy) is 2. The van der Waals surface area contributed by atoms with Gasteiger partial charge in [-0.15, -0.1) is 0 Å². The summed E-state index contributed by atoms with van der Waals surface area (Å²) in [5.74, 6) is 0.479. The number of aromatic nitrogens is 1. The van der Waals surface area contributed by atoms with Gasteiger partial charge in [-0.2, -0.15) is 13.2 Å². The Morgan fingerprint density at radius 3 is 2.74 bits per heavy atom. The number of anilines is 1. The first-order valence-electron chi connectivity index (χ1n) is 12.2. The number of amides is 1. The molecular formula is C24H35F3N4O3. The van der Waals surface area contributed by atoms with E-state index in [1.165, 1.54) is 6.20 Å². The van der Waals surface area contributed by atoms with Crippen LogP contribution in [-0.4, -0.2) is 80.5 Å². The molecule has 2 saturated heterocycles. The van der Waals surface area contributed by atoms with E-state index < -0.39 is 11.7 Å². The maximum atomic E-state index is 13.6. The van der Waals surface area contributed by atoms with E-state index in [1.54, 1.807) is 7.11 Å². The summed E-state index contributed by atoms with van der Waals surface area (Å²) in [6.07, 6.45) is 1.08. The smallest absolute Gasteiger partial charge is 0.379 e. The number of piperazine rings is 1. The minimum Gasteiger partial charge on any atom is -0.379 e. The van der Waals surface area contributed by atoms with Crippen molar-refractivity contribution in [2.24, 2.45) is 5.41 Å². The summed E-state index contributed by atoms with van der Waals surface area (Å²) in [6.45, 7) is 5.30. The number of alkyl halides is 3. The predicted molar refractivity (Wildman–Crippen MR) is 122 cm³/mol. The summed E-state index contributed by atoms with van der Waals surface area (Å²) in [5.41, 5.74) is -1.09. The minimum absolute atomic E-state index is 0.0265. The molecule has 3 aliphatic rings. The molecule has 7 nitrogen and oxygen atoms in total. The molecule has 1 aliphatic carbocycles. The number of methoxy groups -OCH3 is 1. The van der Waals surface area contributed by atoms with E-state index >= 15 is 0 Å². The van der Waals surface area contributed by atoms with Crippen LogP contribution >= 0.6 is 0 Å². The molecule has 4 rings (SSSR count). The SMILES string of the molecule is CC[C@]1(C(=O)N2CCN(c3cc(C(F)(F)F)ccn3)CC2)CC[C@H](NC2CCOCC2OC)C1. The number of hydrogen-bond donors (Lipinski definition) is 1. The highest BCUT2D eigenvalue weighted by Gasteiger charge is 2.47. The Hall–Kier alpha value is -1.91. The van der Waals surface area contributed by atoms with E-state index in [-0.39, 0.29) is 29.5 Å². The van der Waals surface area contributed by atoms with Crippen molar-refractivity contribution >= 4 is 11.7 Å². The fraction of sp³-hybridized carbons (Fsp3) is 0.750. The van der Waals surface area contributed by atoms with E-state index in [1.807, 2.05) is 9.80 Å². The summed E-state index contributed by atoms with van der Waals surface area (Å²) in [5, 5.41) is 3.73. The number of halogens is 3. The lowest BCUT2D eigenvalue weighted by atomic mass is 9.81. The molecule has 2 unspecified atom stereocenters. The minimum atomic E-state index is -4.40. The van der Waals surface area contributed by atoms with Crippen LogP contribution < -0.4 is 10.2 Å². The van der Waals surface area contributed by atoms with Crippen LogP contribution in [0, 0.1) is 5.41 Å². The molecule has 0 spiro atoms. The molecule has 1 N–H and O–H groups in total. The van der Waals surface area contributed by atoms with Crippen LogP contribution in [0.1, 0.15) is 44.6 Å². The van der Waals surface area contributed by atoms with Crippen LogP contribution in [0.4, 0.5) is 19.0 Å². The van der Waals surface area contributed by atoms with E-state index in [4.69, 9.17) is 9.47 Å². The zero-order chi connectivity index (χ0) is 24.3. The summed E-state index contributed by atoms with van der Waals surface area (Å²) < 4.78 is 50.3. The zero-order valence-corrected chi connectivity index (χ0v) is 19.9. The highest BCUT2D eigenvalue weighted by atomic mass is 19.4. The largest absolute Gasteiger partial charge is 0.416 e. The van der Waals surface area contributed by atoms with Gasteiger partial charge in [0.25, 0.3) is 0 Å². The third kappa shape index (κ3) is 5.33. The number of nitrogens with one attached hydrogen (secondary N) is 1. The highest BCUT2D eigenvalue weighted by Crippen LogP contribution is 2.43. The first-order valence-corrected chi connectivity index (χ1v) is 12.2. The van der Waals surface area contributed by atoms with Gasteiger partial charge in [0.05, 0.1) is 23.7 Å². The van der Waals surface area contributed by atoms with Crippen molar-refractivity contribution in [3.05, 3.63) is 23.9 Å². The van der Waals surface area contributed by atoms with E-state index in [9.17, 15) is 18.0 Å². The molecule has 1 amide bonds. The Labute approximate surface area is 199 Å². The van der Waals surface area contributed by atoms with Gasteiger partial charge in [0.2, 0.25) is 5.91 Å². The molecule has 0 aromatic carbocycles. The van der Waals surface area contributed by atoms with Gasteiger partial charge < -0.3 is 24.6 Å². The molecule has 4 atom stereocenters. The third-order valence-electron chi connectivity index (χ3n) is 7.76. The Morgan fingerprint density at radius 2 is 2.06 bits per heavy atom. The van der Waals surface area contributed by atoms with Crippen LogP contribution in [0.15, 0.2) is 18.3 Å². The highest BCUT2D eigenvalue weighted by molar-refractivity contribution is 5.83. The van der Waals surface area contributed by atoms with Gasteiger partial charge in [0.15, 0.2) is 0 Å². The second-order valence-electron chi connectivity index (χ2n) is 9.66. The second-order valence-corrected chi connectivity index (χ2v) is 9.66. The van der Waals surface area contributed by atoms with Crippen LogP contribution in [0.5, 0.6) is 0 Å². The van der Waals surface area contributed by atoms with Crippen molar-refractivity contribution in [1.82, 2.24) is 15.2 Å². The summed E-state index contributed by atoms with van der Waals surface area (Å²) in [4.78, 5) is 21.5. The lowest BCUT2D eigenvalue weighted by Crippen LogP contribution is -2.54. The van der Waals surface area contributed by atoms with Gasteiger partial charge in [-0.1, -0.05) is 6.92 Å². The molecule has 34 heavy (non-hydrogen) atoms. The first-order chi connectivity index (χ1) is 16.3. The molecule has 3 heterocycles. The number of pyridine rings is 1. The zero-order valence-electron chi connectivity index (χ0n) is 19.9. The molecule has 10 heteroatoms. The van der Waals surface area contributed by atoms with E-state index in [0.717, 1.165) is 44.2 Å². The first kappa shape index (κ1) is 25.2. The van der Waals surface area contributed by atoms with Gasteiger partial charge >= 0.3 is 6.18 Å². The van der Waals surface area contributed by atoms with Crippen molar-refractivity contribution in [1.29, 1.82) is 0 Å². The maximum absolute atomic E-state index is 13.6. The van der Waals surface area contributed by atoms with E-state index in [0.29, 0.717) is 45.2 Å². The van der Waals surface area contributed by atoms with Crippen LogP contribution in [-0.2, 0) is 20.4 Å². The number of carbonyl (C=O) groups excluding carboxylic acids is 1. The van der Waals surface area contributed by atoms with Crippen molar-refractivity contribution in [2.75, 3.05) is 51.4 Å². The number of nitrogens with zero attached hydrogens (tertiary/aromatic N) is 3. The summed E-state index contributed by atoms with van der Waals surface area (Å²) in [6, 6.07) is 2.56. The predicted octanol–water partition coefficient (Wildman–Crippen LogP) is 3.09. The fourth-order valence-electron chi connectivity index (χ4n) is 5.61. The van der Waals surface area contributed by atoms with Crippen molar-refractivity contribution in [3.63, 3.8) is 0 Å². The average molecular weight is 485 g/mol. The molecule has 190 valence electrons. The molecule has 3 fully saturated rings. The maximum Gasteiger partial charge on any atom is 0.416 e. The lowest BCUT2D eigenvalue weighted by Gasteiger charge is -2.40. The Bertz CT molecular complexity index is 847. The van der Waals surface area contributed by atoms with Gasteiger partial charge in [-0.3, -0.25) is 4.79 Å². The Kier molecular flexibility index (Phi) is 7.69.